The van der Waals surface area contributed by atoms with Crippen LogP contribution in [0.2, 0.25) is 5.02 Å². The van der Waals surface area contributed by atoms with Crippen LogP contribution in [-0.2, 0) is 16.2 Å². The predicted octanol–water partition coefficient (Wildman–Crippen LogP) is 4.55. The number of nitrogens with one attached hydrogen (secondary N) is 2. The fourth-order valence-corrected chi connectivity index (χ4v) is 3.18. The number of nitrogens with zero attached hydrogens (tertiary/aromatic N) is 1. The van der Waals surface area contributed by atoms with Crippen molar-refractivity contribution >= 4 is 34.8 Å². The van der Waals surface area contributed by atoms with Crippen LogP contribution in [0.3, 0.4) is 0 Å². The predicted molar refractivity (Wildman–Crippen MR) is 131 cm³/mol. The van der Waals surface area contributed by atoms with Gasteiger partial charge in [0, 0.05) is 11.6 Å². The first-order chi connectivity index (χ1) is 16.8. The van der Waals surface area contributed by atoms with Gasteiger partial charge >= 0.3 is 11.8 Å². The summed E-state index contributed by atoms with van der Waals surface area (Å²) in [6.07, 6.45) is 0. The lowest BCUT2D eigenvalue weighted by Crippen LogP contribution is -2.33. The topological polar surface area (TPSA) is 98.2 Å². The number of benzene rings is 3. The van der Waals surface area contributed by atoms with Crippen LogP contribution < -0.4 is 25.0 Å². The normalized spacial score (nSPS) is 10.9. The Hall–Kier alpha value is -4.11. The first kappa shape index (κ1) is 25.5. The first-order valence-corrected chi connectivity index (χ1v) is 10.7. The molecule has 2 N–H and O–H groups in total. The maximum absolute atomic E-state index is 13.9. The van der Waals surface area contributed by atoms with Gasteiger partial charge in [-0.05, 0) is 61.0 Å². The highest BCUT2D eigenvalue weighted by Crippen LogP contribution is 2.28. The van der Waals surface area contributed by atoms with E-state index < -0.39 is 17.6 Å². The zero-order chi connectivity index (χ0) is 25.4. The molecule has 8 nitrogen and oxygen atoms in total. The Morgan fingerprint density at radius 3 is 2.34 bits per heavy atom. The second-order valence-electron chi connectivity index (χ2n) is 7.17. The number of ether oxygens (including phenoxy) is 3. The van der Waals surface area contributed by atoms with Crippen LogP contribution in [0.25, 0.3) is 0 Å². The van der Waals surface area contributed by atoms with E-state index in [-0.39, 0.29) is 22.9 Å². The molecule has 3 aromatic carbocycles. The van der Waals surface area contributed by atoms with Gasteiger partial charge in [0.05, 0.1) is 30.6 Å². The van der Waals surface area contributed by atoms with E-state index in [4.69, 9.17) is 25.8 Å². The van der Waals surface area contributed by atoms with Crippen LogP contribution in [0.5, 0.6) is 17.2 Å². The molecular formula is C25H23ClFN3O5. The minimum atomic E-state index is -0.962. The molecule has 3 rings (SSSR count). The Morgan fingerprint density at radius 1 is 0.971 bits per heavy atom. The van der Waals surface area contributed by atoms with Gasteiger partial charge < -0.3 is 19.5 Å². The molecule has 0 heterocycles. The van der Waals surface area contributed by atoms with Gasteiger partial charge in [0.2, 0.25) is 0 Å². The number of hydrogen-bond acceptors (Lipinski definition) is 6. The number of halogens is 2. The molecule has 2 amide bonds. The SMILES string of the molecule is COc1ccc(OC)c(NC(=O)C(=O)N/N=C(\C)c2ccc(OCc3c(F)cccc3Cl)cc2)c1. The molecule has 0 unspecified atom stereocenters. The Labute approximate surface area is 206 Å². The molecule has 0 aliphatic rings. The van der Waals surface area contributed by atoms with E-state index in [9.17, 15) is 14.0 Å². The number of methoxy groups -OCH3 is 2. The van der Waals surface area contributed by atoms with Gasteiger partial charge in [-0.15, -0.1) is 0 Å². The van der Waals surface area contributed by atoms with Gasteiger partial charge in [-0.2, -0.15) is 5.10 Å². The summed E-state index contributed by atoms with van der Waals surface area (Å²) < 4.78 is 29.8. The van der Waals surface area contributed by atoms with Crippen LogP contribution in [0.15, 0.2) is 65.8 Å². The van der Waals surface area contributed by atoms with Crippen molar-refractivity contribution in [1.82, 2.24) is 5.43 Å². The summed E-state index contributed by atoms with van der Waals surface area (Å²) in [4.78, 5) is 24.5. The third kappa shape index (κ3) is 6.70. The number of amides is 2. The minimum Gasteiger partial charge on any atom is -0.497 e. The van der Waals surface area contributed by atoms with E-state index >= 15 is 0 Å². The highest BCUT2D eigenvalue weighted by Gasteiger charge is 2.16. The van der Waals surface area contributed by atoms with Crippen molar-refractivity contribution in [1.29, 1.82) is 0 Å². The number of hydrazone groups is 1. The van der Waals surface area contributed by atoms with Gasteiger partial charge in [0.1, 0.15) is 29.7 Å². The van der Waals surface area contributed by atoms with Crippen LogP contribution in [0, 0.1) is 5.82 Å². The van der Waals surface area contributed by atoms with E-state index in [1.54, 1.807) is 49.4 Å². The summed E-state index contributed by atoms with van der Waals surface area (Å²) in [7, 11) is 2.92. The summed E-state index contributed by atoms with van der Waals surface area (Å²) in [6, 6.07) is 16.0. The van der Waals surface area contributed by atoms with E-state index in [1.165, 1.54) is 32.4 Å². The van der Waals surface area contributed by atoms with Crippen LogP contribution in [0.1, 0.15) is 18.1 Å². The molecule has 0 bridgehead atoms. The maximum Gasteiger partial charge on any atom is 0.329 e. The lowest BCUT2D eigenvalue weighted by molar-refractivity contribution is -0.136. The molecule has 10 heteroatoms. The van der Waals surface area contributed by atoms with Gasteiger partial charge in [0.15, 0.2) is 0 Å². The van der Waals surface area contributed by atoms with Crippen molar-refractivity contribution in [2.45, 2.75) is 13.5 Å². The van der Waals surface area contributed by atoms with Gasteiger partial charge in [-0.1, -0.05) is 17.7 Å². The van der Waals surface area contributed by atoms with Crippen molar-refractivity contribution < 1.29 is 28.2 Å². The first-order valence-electron chi connectivity index (χ1n) is 10.4. The molecule has 0 aromatic heterocycles. The monoisotopic (exact) mass is 499 g/mol. The van der Waals surface area contributed by atoms with E-state index in [1.807, 2.05) is 0 Å². The molecule has 0 aliphatic carbocycles. The maximum atomic E-state index is 13.9. The second-order valence-corrected chi connectivity index (χ2v) is 7.58. The van der Waals surface area contributed by atoms with Gasteiger partial charge in [-0.3, -0.25) is 9.59 Å². The molecule has 3 aromatic rings. The fourth-order valence-electron chi connectivity index (χ4n) is 2.96. The lowest BCUT2D eigenvalue weighted by atomic mass is 10.1. The molecule has 0 atom stereocenters. The molecule has 0 spiro atoms. The fraction of sp³-hybridized carbons (Fsp3) is 0.160. The Kier molecular flexibility index (Phi) is 8.63. The lowest BCUT2D eigenvalue weighted by Gasteiger charge is -2.11. The number of carbonyl (C=O) groups excluding carboxylic acids is 2. The van der Waals surface area contributed by atoms with Crippen molar-refractivity contribution in [2.24, 2.45) is 5.10 Å². The summed E-state index contributed by atoms with van der Waals surface area (Å²) >= 11 is 6.01. The quantitative estimate of drug-likeness (QED) is 0.269. The second kappa shape index (κ2) is 11.8. The van der Waals surface area contributed by atoms with Crippen molar-refractivity contribution in [3.05, 3.63) is 82.6 Å². The van der Waals surface area contributed by atoms with Crippen molar-refractivity contribution in [3.63, 3.8) is 0 Å². The van der Waals surface area contributed by atoms with Crippen LogP contribution in [0.4, 0.5) is 10.1 Å². The third-order valence-corrected chi connectivity index (χ3v) is 5.26. The van der Waals surface area contributed by atoms with Crippen LogP contribution >= 0.6 is 11.6 Å². The molecule has 0 aliphatic heterocycles. The zero-order valence-electron chi connectivity index (χ0n) is 19.2. The van der Waals surface area contributed by atoms with Gasteiger partial charge in [0.25, 0.3) is 0 Å². The van der Waals surface area contributed by atoms with Crippen molar-refractivity contribution in [2.75, 3.05) is 19.5 Å². The summed E-state index contributed by atoms with van der Waals surface area (Å²) in [5.41, 5.74) is 3.89. The van der Waals surface area contributed by atoms with Gasteiger partial charge in [-0.25, -0.2) is 9.82 Å². The van der Waals surface area contributed by atoms with E-state index in [0.717, 1.165) is 0 Å². The van der Waals surface area contributed by atoms with E-state index in [0.29, 0.717) is 28.5 Å². The number of hydrogen-bond donors (Lipinski definition) is 2. The number of anilines is 1. The number of carbonyl (C=O) groups is 2. The molecule has 0 fully saturated rings. The summed E-state index contributed by atoms with van der Waals surface area (Å²) in [5, 5.41) is 6.72. The molecule has 0 saturated heterocycles. The molecule has 0 radical (unpaired) electrons. The Bertz CT molecular complexity index is 1230. The molecule has 35 heavy (non-hydrogen) atoms. The molecule has 0 saturated carbocycles. The summed E-state index contributed by atoms with van der Waals surface area (Å²) in [5.74, 6) is -0.983. The largest absolute Gasteiger partial charge is 0.497 e. The highest BCUT2D eigenvalue weighted by atomic mass is 35.5. The minimum absolute atomic E-state index is 0.0266. The van der Waals surface area contributed by atoms with E-state index in [2.05, 4.69) is 15.8 Å². The highest BCUT2D eigenvalue weighted by molar-refractivity contribution is 6.39. The molecular weight excluding hydrogens is 477 g/mol. The number of rotatable bonds is 8. The Morgan fingerprint density at radius 2 is 1.69 bits per heavy atom. The zero-order valence-corrected chi connectivity index (χ0v) is 20.0. The smallest absolute Gasteiger partial charge is 0.329 e. The Balaban J connectivity index is 1.58. The molecule has 182 valence electrons. The average molecular weight is 500 g/mol. The van der Waals surface area contributed by atoms with Crippen LogP contribution in [-0.4, -0.2) is 31.7 Å². The van der Waals surface area contributed by atoms with Crippen molar-refractivity contribution in [3.8, 4) is 17.2 Å². The average Bonchev–Trinajstić information content (AvgIpc) is 2.87. The summed E-state index contributed by atoms with van der Waals surface area (Å²) in [6.45, 7) is 1.64. The standard InChI is InChI=1S/C25H23ClFN3O5/c1-15(16-7-9-17(10-8-16)35-14-19-20(26)5-4-6-21(19)27)29-30-25(32)24(31)28-22-13-18(33-2)11-12-23(22)34-3/h4-13H,14H2,1-3H3,(H,28,31)(H,30,32)/b29-15+. The third-order valence-electron chi connectivity index (χ3n) is 4.90.